The molecule has 4 nitrogen and oxygen atoms in total. The van der Waals surface area contributed by atoms with E-state index >= 15 is 0 Å². The van der Waals surface area contributed by atoms with Gasteiger partial charge in [-0.05, 0) is 40.8 Å². The second-order valence-electron chi connectivity index (χ2n) is 5.82. The minimum atomic E-state index is -0.142. The largest absolute Gasteiger partial charge is 0.325 e. The molecule has 1 N–H and O–H groups in total. The predicted octanol–water partition coefficient (Wildman–Crippen LogP) is 2.73. The molecule has 5 heteroatoms. The lowest BCUT2D eigenvalue weighted by Gasteiger charge is -2.14. The Balaban J connectivity index is 1.48. The highest BCUT2D eigenvalue weighted by Crippen LogP contribution is 2.37. The van der Waals surface area contributed by atoms with Crippen molar-refractivity contribution in [2.45, 2.75) is 6.42 Å². The van der Waals surface area contributed by atoms with Crippen LogP contribution in [-0.2, 0) is 16.0 Å². The zero-order valence-electron chi connectivity index (χ0n) is 12.5. The summed E-state index contributed by atoms with van der Waals surface area (Å²) in [6.45, 7) is 0.128. The van der Waals surface area contributed by atoms with E-state index < -0.39 is 0 Å². The van der Waals surface area contributed by atoms with Crippen LogP contribution in [0.3, 0.4) is 0 Å². The second-order valence-corrected chi connectivity index (χ2v) is 6.78. The first kappa shape index (κ1) is 14.3. The molecule has 2 aromatic rings. The van der Waals surface area contributed by atoms with Crippen LogP contribution in [0, 0.1) is 0 Å². The number of carbonyl (C=O) groups excluding carboxylic acids is 2. The van der Waals surface area contributed by atoms with Gasteiger partial charge in [0.2, 0.25) is 11.8 Å². The molecule has 2 aliphatic rings. The van der Waals surface area contributed by atoms with E-state index in [1.54, 1.807) is 16.7 Å². The van der Waals surface area contributed by atoms with Gasteiger partial charge in [-0.15, -0.1) is 11.8 Å². The third-order valence-corrected chi connectivity index (χ3v) is 5.18. The number of fused-ring (bicyclic) bond motifs is 3. The van der Waals surface area contributed by atoms with Crippen molar-refractivity contribution in [3.8, 4) is 11.1 Å². The van der Waals surface area contributed by atoms with Crippen LogP contribution in [0.25, 0.3) is 11.1 Å². The summed E-state index contributed by atoms with van der Waals surface area (Å²) < 4.78 is 0. The minimum absolute atomic E-state index is 0.0366. The highest BCUT2D eigenvalue weighted by atomic mass is 32.2. The third-order valence-electron chi connectivity index (χ3n) is 4.24. The molecule has 1 aliphatic heterocycles. The molecule has 0 unspecified atom stereocenters. The number of nitrogens with zero attached hydrogens (tertiary/aromatic N) is 1. The lowest BCUT2D eigenvalue weighted by Crippen LogP contribution is -2.34. The monoisotopic (exact) mass is 324 g/mol. The van der Waals surface area contributed by atoms with E-state index in [2.05, 4.69) is 35.6 Å². The molecule has 23 heavy (non-hydrogen) atoms. The van der Waals surface area contributed by atoms with E-state index in [9.17, 15) is 9.59 Å². The van der Waals surface area contributed by atoms with Gasteiger partial charge in [0.15, 0.2) is 0 Å². The first-order chi connectivity index (χ1) is 11.2. The Labute approximate surface area is 138 Å². The number of amides is 2. The Bertz CT molecular complexity index is 803. The van der Waals surface area contributed by atoms with Crippen molar-refractivity contribution in [3.63, 3.8) is 0 Å². The number of hydrogen-bond donors (Lipinski definition) is 1. The lowest BCUT2D eigenvalue weighted by molar-refractivity contribution is -0.130. The van der Waals surface area contributed by atoms with Gasteiger partial charge in [0.25, 0.3) is 0 Å². The van der Waals surface area contributed by atoms with Crippen molar-refractivity contribution < 1.29 is 9.59 Å². The van der Waals surface area contributed by atoms with Crippen molar-refractivity contribution in [1.29, 1.82) is 0 Å². The molecule has 0 saturated carbocycles. The summed E-state index contributed by atoms with van der Waals surface area (Å²) in [5.41, 5.74) is 5.87. The molecule has 116 valence electrons. The SMILES string of the molecule is O=C(CN1CSCC1=O)Nc1ccc2c(c1)Cc1ccccc1-2. The Kier molecular flexibility index (Phi) is 3.58. The average molecular weight is 324 g/mol. The van der Waals surface area contributed by atoms with Crippen LogP contribution in [0.5, 0.6) is 0 Å². The molecule has 1 aliphatic carbocycles. The number of anilines is 1. The van der Waals surface area contributed by atoms with E-state index in [4.69, 9.17) is 0 Å². The van der Waals surface area contributed by atoms with E-state index in [-0.39, 0.29) is 18.4 Å². The number of benzene rings is 2. The molecular weight excluding hydrogens is 308 g/mol. The van der Waals surface area contributed by atoms with Crippen LogP contribution >= 0.6 is 11.8 Å². The summed E-state index contributed by atoms with van der Waals surface area (Å²) in [6, 6.07) is 14.4. The zero-order valence-corrected chi connectivity index (χ0v) is 13.4. The van der Waals surface area contributed by atoms with Crippen molar-refractivity contribution in [1.82, 2.24) is 4.90 Å². The van der Waals surface area contributed by atoms with Gasteiger partial charge in [0.05, 0.1) is 11.6 Å². The molecule has 1 fully saturated rings. The van der Waals surface area contributed by atoms with E-state index in [1.165, 1.54) is 22.3 Å². The highest BCUT2D eigenvalue weighted by Gasteiger charge is 2.23. The number of nitrogens with one attached hydrogen (secondary N) is 1. The Hall–Kier alpha value is -2.27. The quantitative estimate of drug-likeness (QED) is 0.806. The maximum Gasteiger partial charge on any atom is 0.244 e. The van der Waals surface area contributed by atoms with Gasteiger partial charge >= 0.3 is 0 Å². The molecule has 1 heterocycles. The van der Waals surface area contributed by atoms with Gasteiger partial charge in [-0.3, -0.25) is 9.59 Å². The van der Waals surface area contributed by atoms with Gasteiger partial charge < -0.3 is 10.2 Å². The van der Waals surface area contributed by atoms with E-state index in [1.807, 2.05) is 12.1 Å². The van der Waals surface area contributed by atoms with Crippen LogP contribution in [0.15, 0.2) is 42.5 Å². The number of hydrogen-bond acceptors (Lipinski definition) is 3. The molecule has 0 atom stereocenters. The molecule has 1 saturated heterocycles. The van der Waals surface area contributed by atoms with Gasteiger partial charge in [0.1, 0.15) is 6.54 Å². The first-order valence-corrected chi connectivity index (χ1v) is 8.73. The van der Waals surface area contributed by atoms with Crippen LogP contribution < -0.4 is 5.32 Å². The third kappa shape index (κ3) is 2.72. The van der Waals surface area contributed by atoms with Crippen LogP contribution in [-0.4, -0.2) is 34.9 Å². The zero-order chi connectivity index (χ0) is 15.8. The van der Waals surface area contributed by atoms with Crippen molar-refractivity contribution in [2.24, 2.45) is 0 Å². The Morgan fingerprint density at radius 2 is 1.96 bits per heavy atom. The normalized spacial score (nSPS) is 15.5. The maximum atomic E-state index is 12.1. The fourth-order valence-electron chi connectivity index (χ4n) is 3.14. The summed E-state index contributed by atoms with van der Waals surface area (Å²) in [7, 11) is 0. The lowest BCUT2D eigenvalue weighted by atomic mass is 10.1. The van der Waals surface area contributed by atoms with E-state index in [0.717, 1.165) is 12.1 Å². The van der Waals surface area contributed by atoms with Crippen molar-refractivity contribution in [3.05, 3.63) is 53.6 Å². The molecular formula is C18H16N2O2S. The van der Waals surface area contributed by atoms with Gasteiger partial charge in [-0.25, -0.2) is 0 Å². The molecule has 4 rings (SSSR count). The van der Waals surface area contributed by atoms with Gasteiger partial charge in [-0.2, -0.15) is 0 Å². The van der Waals surface area contributed by atoms with Crippen molar-refractivity contribution >= 4 is 29.3 Å². The molecule has 0 aromatic heterocycles. The smallest absolute Gasteiger partial charge is 0.244 e. The van der Waals surface area contributed by atoms with Crippen molar-refractivity contribution in [2.75, 3.05) is 23.5 Å². The van der Waals surface area contributed by atoms with Crippen LogP contribution in [0.1, 0.15) is 11.1 Å². The molecule has 2 amide bonds. The molecule has 0 bridgehead atoms. The molecule has 0 spiro atoms. The average Bonchev–Trinajstić information content (AvgIpc) is 3.10. The topological polar surface area (TPSA) is 49.4 Å². The number of thioether (sulfide) groups is 1. The Morgan fingerprint density at radius 3 is 2.78 bits per heavy atom. The number of carbonyl (C=O) groups is 2. The molecule has 0 radical (unpaired) electrons. The fraction of sp³-hybridized carbons (Fsp3) is 0.222. The predicted molar refractivity (Wildman–Crippen MR) is 92.4 cm³/mol. The van der Waals surface area contributed by atoms with Gasteiger partial charge in [-0.1, -0.05) is 30.3 Å². The first-order valence-electron chi connectivity index (χ1n) is 7.57. The standard InChI is InChI=1S/C18H16N2O2S/c21-17(9-20-11-23-10-18(20)22)19-14-5-6-16-13(8-14)7-12-3-1-2-4-15(12)16/h1-6,8H,7,9-11H2,(H,19,21). The maximum absolute atomic E-state index is 12.1. The van der Waals surface area contributed by atoms with E-state index in [0.29, 0.717) is 11.6 Å². The highest BCUT2D eigenvalue weighted by molar-refractivity contribution is 8.00. The summed E-state index contributed by atoms with van der Waals surface area (Å²) >= 11 is 1.54. The summed E-state index contributed by atoms with van der Waals surface area (Å²) in [5, 5.41) is 2.90. The second kappa shape index (κ2) is 5.74. The van der Waals surface area contributed by atoms with Crippen LogP contribution in [0.4, 0.5) is 5.69 Å². The fourth-order valence-corrected chi connectivity index (χ4v) is 4.04. The van der Waals surface area contributed by atoms with Gasteiger partial charge in [0, 0.05) is 5.69 Å². The Morgan fingerprint density at radius 1 is 1.13 bits per heavy atom. The van der Waals surface area contributed by atoms with Crippen LogP contribution in [0.2, 0.25) is 0 Å². The minimum Gasteiger partial charge on any atom is -0.325 e. The summed E-state index contributed by atoms with van der Waals surface area (Å²) in [4.78, 5) is 25.3. The summed E-state index contributed by atoms with van der Waals surface area (Å²) in [5.74, 6) is 0.974. The summed E-state index contributed by atoms with van der Waals surface area (Å²) in [6.07, 6.45) is 0.899. The molecule has 2 aromatic carbocycles. The number of rotatable bonds is 3.